The average Bonchev–Trinajstić information content (AvgIpc) is 3.30. The van der Waals surface area contributed by atoms with Gasteiger partial charge in [-0.25, -0.2) is 0 Å². The van der Waals surface area contributed by atoms with Crippen molar-refractivity contribution in [3.05, 3.63) is 34.2 Å². The summed E-state index contributed by atoms with van der Waals surface area (Å²) in [6.45, 7) is 3.40. The molecule has 0 atom stereocenters. The number of benzene rings is 1. The minimum absolute atomic E-state index is 0.0897. The van der Waals surface area contributed by atoms with Gasteiger partial charge in [-0.1, -0.05) is 0 Å². The molecule has 1 aliphatic carbocycles. The molecule has 2 heterocycles. The molecule has 5 heteroatoms. The molecule has 1 fully saturated rings. The van der Waals surface area contributed by atoms with Crippen LogP contribution in [0.5, 0.6) is 11.5 Å². The Morgan fingerprint density at radius 1 is 1.38 bits per heavy atom. The van der Waals surface area contributed by atoms with Gasteiger partial charge < -0.3 is 9.84 Å². The molecule has 1 aliphatic heterocycles. The number of hydrogen-bond donors (Lipinski definition) is 1. The van der Waals surface area contributed by atoms with Gasteiger partial charge in [0.05, 0.1) is 12.7 Å². The smallest absolute Gasteiger partial charge is 0.168 e. The number of carbonyl (C=O) groups is 1. The van der Waals surface area contributed by atoms with Crippen molar-refractivity contribution in [2.75, 3.05) is 20.2 Å². The zero-order valence-electron chi connectivity index (χ0n) is 13.7. The number of aldehydes is 1. The van der Waals surface area contributed by atoms with Crippen LogP contribution < -0.4 is 4.74 Å². The number of phenols is 1. The predicted molar refractivity (Wildman–Crippen MR) is 95.1 cm³/mol. The Hall–Kier alpha value is -1.85. The molecule has 24 heavy (non-hydrogen) atoms. The highest BCUT2D eigenvalue weighted by atomic mass is 32.1. The van der Waals surface area contributed by atoms with Crippen LogP contribution in [0.25, 0.3) is 10.4 Å². The number of methoxy groups -OCH3 is 1. The monoisotopic (exact) mass is 343 g/mol. The summed E-state index contributed by atoms with van der Waals surface area (Å²) in [4.78, 5) is 16.3. The number of phenolic OH excluding ortho intramolecular Hbond substituents is 1. The number of nitrogens with zero attached hydrogens (tertiary/aromatic N) is 1. The van der Waals surface area contributed by atoms with Gasteiger partial charge in [-0.3, -0.25) is 9.69 Å². The molecule has 4 nitrogen and oxygen atoms in total. The van der Waals surface area contributed by atoms with Crippen LogP contribution in [0.4, 0.5) is 0 Å². The second kappa shape index (κ2) is 6.22. The van der Waals surface area contributed by atoms with E-state index < -0.39 is 0 Å². The minimum Gasteiger partial charge on any atom is -0.504 e. The Morgan fingerprint density at radius 2 is 2.21 bits per heavy atom. The Kier molecular flexibility index (Phi) is 4.06. The van der Waals surface area contributed by atoms with E-state index >= 15 is 0 Å². The van der Waals surface area contributed by atoms with Gasteiger partial charge >= 0.3 is 0 Å². The van der Waals surface area contributed by atoms with E-state index in [2.05, 4.69) is 11.0 Å². The molecule has 0 radical (unpaired) electrons. The van der Waals surface area contributed by atoms with E-state index in [4.69, 9.17) is 4.74 Å². The van der Waals surface area contributed by atoms with Crippen molar-refractivity contribution in [2.24, 2.45) is 5.92 Å². The quantitative estimate of drug-likeness (QED) is 0.841. The normalized spacial score (nSPS) is 17.5. The third-order valence-electron chi connectivity index (χ3n) is 4.89. The fourth-order valence-corrected chi connectivity index (χ4v) is 4.52. The van der Waals surface area contributed by atoms with Gasteiger partial charge in [0.2, 0.25) is 0 Å². The highest BCUT2D eigenvalue weighted by molar-refractivity contribution is 7.15. The van der Waals surface area contributed by atoms with Crippen LogP contribution in [0.15, 0.2) is 18.2 Å². The molecular formula is C19H21NO3S. The largest absolute Gasteiger partial charge is 0.504 e. The standard InChI is InChI=1S/C19H21NO3S/c1-23-16-7-13(6-15(11-21)19(16)22)18-8-14-10-20(9-12-2-3-12)5-4-17(14)24-18/h6-8,11-12,22H,2-5,9-10H2,1H3. The van der Waals surface area contributed by atoms with Gasteiger partial charge in [0.25, 0.3) is 0 Å². The van der Waals surface area contributed by atoms with E-state index in [1.807, 2.05) is 6.07 Å². The van der Waals surface area contributed by atoms with Crippen molar-refractivity contribution >= 4 is 17.6 Å². The SMILES string of the molecule is COc1cc(-c2cc3c(s2)CCN(CC2CC2)C3)cc(C=O)c1O. The molecule has 1 aromatic carbocycles. The third-order valence-corrected chi connectivity index (χ3v) is 6.18. The van der Waals surface area contributed by atoms with Gasteiger partial charge in [-0.2, -0.15) is 0 Å². The Labute approximate surface area is 145 Å². The number of carbonyl (C=O) groups excluding carboxylic acids is 1. The maximum Gasteiger partial charge on any atom is 0.168 e. The first-order valence-corrected chi connectivity index (χ1v) is 9.20. The number of aromatic hydroxyl groups is 1. The number of ether oxygens (including phenoxy) is 1. The number of fused-ring (bicyclic) bond motifs is 1. The number of hydrogen-bond acceptors (Lipinski definition) is 5. The molecule has 1 N–H and O–H groups in total. The molecule has 1 saturated carbocycles. The number of rotatable bonds is 5. The van der Waals surface area contributed by atoms with E-state index in [1.54, 1.807) is 17.4 Å². The van der Waals surface area contributed by atoms with Crippen LogP contribution in [-0.4, -0.2) is 36.5 Å². The lowest BCUT2D eigenvalue weighted by Crippen LogP contribution is -2.31. The van der Waals surface area contributed by atoms with Crippen LogP contribution in [0.1, 0.15) is 33.6 Å². The summed E-state index contributed by atoms with van der Waals surface area (Å²) in [5.41, 5.74) is 2.60. The van der Waals surface area contributed by atoms with Gasteiger partial charge in [-0.15, -0.1) is 11.3 Å². The van der Waals surface area contributed by atoms with Crippen LogP contribution in [0, 0.1) is 5.92 Å². The Balaban J connectivity index is 1.64. The molecule has 0 spiro atoms. The van der Waals surface area contributed by atoms with Crippen LogP contribution in [0.3, 0.4) is 0 Å². The van der Waals surface area contributed by atoms with Crippen LogP contribution in [0.2, 0.25) is 0 Å². The first-order chi connectivity index (χ1) is 11.7. The zero-order valence-corrected chi connectivity index (χ0v) is 14.6. The Bertz CT molecular complexity index is 779. The topological polar surface area (TPSA) is 49.8 Å². The molecule has 4 rings (SSSR count). The van der Waals surface area contributed by atoms with E-state index in [-0.39, 0.29) is 11.3 Å². The maximum absolute atomic E-state index is 11.2. The second-order valence-corrected chi connectivity index (χ2v) is 7.86. The summed E-state index contributed by atoms with van der Waals surface area (Å²) in [6, 6.07) is 5.78. The van der Waals surface area contributed by atoms with Crippen LogP contribution >= 0.6 is 11.3 Å². The van der Waals surface area contributed by atoms with Gasteiger partial charge in [0.1, 0.15) is 0 Å². The van der Waals surface area contributed by atoms with Crippen molar-refractivity contribution in [1.29, 1.82) is 0 Å². The molecule has 2 aromatic rings. The molecule has 0 amide bonds. The van der Waals surface area contributed by atoms with Crippen molar-refractivity contribution < 1.29 is 14.6 Å². The molecule has 0 unspecified atom stereocenters. The fourth-order valence-electron chi connectivity index (χ4n) is 3.37. The maximum atomic E-state index is 11.2. The average molecular weight is 343 g/mol. The second-order valence-electron chi connectivity index (χ2n) is 6.72. The lowest BCUT2D eigenvalue weighted by molar-refractivity contribution is 0.112. The van der Waals surface area contributed by atoms with Gasteiger partial charge in [-0.05, 0) is 54.5 Å². The third kappa shape index (κ3) is 2.94. The lowest BCUT2D eigenvalue weighted by Gasteiger charge is -2.26. The summed E-state index contributed by atoms with van der Waals surface area (Å²) < 4.78 is 5.21. The molecule has 0 bridgehead atoms. The first kappa shape index (κ1) is 15.7. The van der Waals surface area contributed by atoms with E-state index in [1.165, 1.54) is 36.9 Å². The van der Waals surface area contributed by atoms with Crippen molar-refractivity contribution in [1.82, 2.24) is 4.90 Å². The van der Waals surface area contributed by atoms with Crippen molar-refractivity contribution in [3.63, 3.8) is 0 Å². The van der Waals surface area contributed by atoms with Crippen molar-refractivity contribution in [3.8, 4) is 21.9 Å². The van der Waals surface area contributed by atoms with Crippen molar-refractivity contribution in [2.45, 2.75) is 25.8 Å². The summed E-state index contributed by atoms with van der Waals surface area (Å²) in [7, 11) is 1.50. The molecule has 0 saturated heterocycles. The molecule has 126 valence electrons. The van der Waals surface area contributed by atoms with E-state index in [0.717, 1.165) is 35.9 Å². The Morgan fingerprint density at radius 3 is 2.92 bits per heavy atom. The molecule has 1 aromatic heterocycles. The predicted octanol–water partition coefficient (Wildman–Crippen LogP) is 3.71. The molecular weight excluding hydrogens is 322 g/mol. The van der Waals surface area contributed by atoms with Gasteiger partial charge in [0.15, 0.2) is 17.8 Å². The minimum atomic E-state index is -0.0897. The van der Waals surface area contributed by atoms with Crippen LogP contribution in [-0.2, 0) is 13.0 Å². The van der Waals surface area contributed by atoms with E-state index in [9.17, 15) is 9.90 Å². The summed E-state index contributed by atoms with van der Waals surface area (Å²) >= 11 is 1.79. The highest BCUT2D eigenvalue weighted by Gasteiger charge is 2.27. The highest BCUT2D eigenvalue weighted by Crippen LogP contribution is 2.40. The zero-order chi connectivity index (χ0) is 16.7. The van der Waals surface area contributed by atoms with E-state index in [0.29, 0.717) is 12.0 Å². The summed E-state index contributed by atoms with van der Waals surface area (Å²) in [6.07, 6.45) is 4.55. The number of thiophene rings is 1. The summed E-state index contributed by atoms with van der Waals surface area (Å²) in [5, 5.41) is 9.99. The first-order valence-electron chi connectivity index (χ1n) is 8.38. The summed E-state index contributed by atoms with van der Waals surface area (Å²) in [5.74, 6) is 1.17. The molecule has 2 aliphatic rings. The lowest BCUT2D eigenvalue weighted by atomic mass is 10.1. The fraction of sp³-hybridized carbons (Fsp3) is 0.421. The van der Waals surface area contributed by atoms with Gasteiger partial charge in [0, 0.05) is 29.4 Å².